The molecule has 13 heavy (non-hydrogen) atoms. The molecule has 76 valence electrons. The Bertz CT molecular complexity index is 167. The molecule has 0 saturated carbocycles. The Morgan fingerprint density at radius 3 is 2.92 bits per heavy atom. The molecule has 2 nitrogen and oxygen atoms in total. The van der Waals surface area contributed by atoms with Gasteiger partial charge in [-0.2, -0.15) is 0 Å². The summed E-state index contributed by atoms with van der Waals surface area (Å²) >= 11 is 0. The Kier molecular flexibility index (Phi) is 5.02. The molecule has 0 aromatic rings. The van der Waals surface area contributed by atoms with Gasteiger partial charge in [0.25, 0.3) is 0 Å². The molecule has 1 rings (SSSR count). The summed E-state index contributed by atoms with van der Waals surface area (Å²) in [5.41, 5.74) is 0. The molecule has 1 fully saturated rings. The third-order valence-corrected chi connectivity index (χ3v) is 5.33. The van der Waals surface area contributed by atoms with Crippen LogP contribution in [0.4, 0.5) is 0 Å². The number of carboxylic acids is 1. The smallest absolute Gasteiger partial charge is 0.307 e. The minimum absolute atomic E-state index is 0.122. The first-order chi connectivity index (χ1) is 6.25. The van der Waals surface area contributed by atoms with Crippen molar-refractivity contribution < 1.29 is 9.90 Å². The Morgan fingerprint density at radius 2 is 2.46 bits per heavy atom. The molecule has 0 aromatic heterocycles. The second kappa shape index (κ2) is 5.81. The lowest BCUT2D eigenvalue weighted by atomic mass is 9.97. The van der Waals surface area contributed by atoms with Crippen LogP contribution in [0.3, 0.4) is 0 Å². The van der Waals surface area contributed by atoms with E-state index < -0.39 is 5.97 Å². The summed E-state index contributed by atoms with van der Waals surface area (Å²) in [4.78, 5) is 11.0. The number of hydrogen-bond donors (Lipinski definition) is 1. The fourth-order valence-electron chi connectivity index (χ4n) is 1.57. The quantitative estimate of drug-likeness (QED) is 0.739. The normalized spacial score (nSPS) is 25.5. The lowest BCUT2D eigenvalue weighted by Crippen LogP contribution is -2.26. The van der Waals surface area contributed by atoms with E-state index in [2.05, 4.69) is 6.92 Å². The standard InChI is InChI=1S/C9H16O2S2/c1-2-4-7(9(10)11)8-5-3-6-12-13-8/h7-8H,2-6H2,1H3,(H,10,11). The summed E-state index contributed by atoms with van der Waals surface area (Å²) in [7, 11) is 3.60. The molecular formula is C9H16O2S2. The second-order valence-corrected chi connectivity index (χ2v) is 6.06. The molecule has 0 spiro atoms. The summed E-state index contributed by atoms with van der Waals surface area (Å²) in [5.74, 6) is 0.448. The van der Waals surface area contributed by atoms with E-state index in [-0.39, 0.29) is 5.92 Å². The average molecular weight is 220 g/mol. The maximum Gasteiger partial charge on any atom is 0.307 e. The molecule has 1 N–H and O–H groups in total. The first-order valence-corrected chi connectivity index (χ1v) is 7.15. The number of hydrogen-bond acceptors (Lipinski definition) is 3. The van der Waals surface area contributed by atoms with E-state index in [1.807, 2.05) is 10.8 Å². The van der Waals surface area contributed by atoms with Crippen LogP contribution in [0.5, 0.6) is 0 Å². The van der Waals surface area contributed by atoms with Crippen LogP contribution in [-0.2, 0) is 4.79 Å². The van der Waals surface area contributed by atoms with E-state index in [9.17, 15) is 4.79 Å². The van der Waals surface area contributed by atoms with Crippen LogP contribution in [0.25, 0.3) is 0 Å². The zero-order valence-corrected chi connectivity index (χ0v) is 9.50. The molecule has 1 aliphatic heterocycles. The van der Waals surface area contributed by atoms with Gasteiger partial charge < -0.3 is 5.11 Å². The van der Waals surface area contributed by atoms with Gasteiger partial charge in [-0.05, 0) is 19.3 Å². The van der Waals surface area contributed by atoms with Gasteiger partial charge >= 0.3 is 5.97 Å². The molecule has 1 aliphatic rings. The van der Waals surface area contributed by atoms with Crippen molar-refractivity contribution in [2.45, 2.75) is 37.9 Å². The molecule has 0 amide bonds. The van der Waals surface area contributed by atoms with Crippen molar-refractivity contribution in [3.63, 3.8) is 0 Å². The summed E-state index contributed by atoms with van der Waals surface area (Å²) in [6.07, 6.45) is 4.05. The number of aliphatic carboxylic acids is 1. The van der Waals surface area contributed by atoms with Crippen LogP contribution in [0.15, 0.2) is 0 Å². The van der Waals surface area contributed by atoms with Crippen LogP contribution < -0.4 is 0 Å². The van der Waals surface area contributed by atoms with Gasteiger partial charge in [0.15, 0.2) is 0 Å². The summed E-state index contributed by atoms with van der Waals surface area (Å²) in [5, 5.41) is 9.38. The van der Waals surface area contributed by atoms with Crippen LogP contribution in [0, 0.1) is 5.92 Å². The molecular weight excluding hydrogens is 204 g/mol. The minimum Gasteiger partial charge on any atom is -0.481 e. The topological polar surface area (TPSA) is 37.3 Å². The Labute approximate surface area is 87.3 Å². The third kappa shape index (κ3) is 3.43. The molecule has 0 aliphatic carbocycles. The van der Waals surface area contributed by atoms with Gasteiger partial charge in [-0.15, -0.1) is 0 Å². The van der Waals surface area contributed by atoms with Crippen LogP contribution in [0.1, 0.15) is 32.6 Å². The van der Waals surface area contributed by atoms with Crippen molar-refractivity contribution in [1.82, 2.24) is 0 Å². The predicted molar refractivity (Wildman–Crippen MR) is 59.1 cm³/mol. The lowest BCUT2D eigenvalue weighted by Gasteiger charge is -2.25. The molecule has 0 aromatic carbocycles. The van der Waals surface area contributed by atoms with E-state index in [1.165, 1.54) is 12.2 Å². The molecule has 4 heteroatoms. The first kappa shape index (κ1) is 11.2. The average Bonchev–Trinajstić information content (AvgIpc) is 2.15. The van der Waals surface area contributed by atoms with Crippen molar-refractivity contribution in [2.24, 2.45) is 5.92 Å². The second-order valence-electron chi connectivity index (χ2n) is 3.33. The zero-order valence-electron chi connectivity index (χ0n) is 7.86. The predicted octanol–water partition coefficient (Wildman–Crippen LogP) is 3.03. The van der Waals surface area contributed by atoms with E-state index in [4.69, 9.17) is 5.11 Å². The van der Waals surface area contributed by atoms with Gasteiger partial charge in [-0.1, -0.05) is 34.9 Å². The van der Waals surface area contributed by atoms with Crippen molar-refractivity contribution >= 4 is 27.6 Å². The summed E-state index contributed by atoms with van der Waals surface area (Å²) in [6, 6.07) is 0. The zero-order chi connectivity index (χ0) is 9.68. The van der Waals surface area contributed by atoms with Gasteiger partial charge in [0.05, 0.1) is 5.92 Å². The van der Waals surface area contributed by atoms with E-state index in [1.54, 1.807) is 10.8 Å². The van der Waals surface area contributed by atoms with Crippen molar-refractivity contribution in [2.75, 3.05) is 5.75 Å². The highest BCUT2D eigenvalue weighted by atomic mass is 33.1. The maximum absolute atomic E-state index is 11.0. The number of carbonyl (C=O) groups is 1. The van der Waals surface area contributed by atoms with E-state index >= 15 is 0 Å². The van der Waals surface area contributed by atoms with Gasteiger partial charge in [0.2, 0.25) is 0 Å². The van der Waals surface area contributed by atoms with Gasteiger partial charge in [0.1, 0.15) is 0 Å². The van der Waals surface area contributed by atoms with Gasteiger partial charge in [0, 0.05) is 11.0 Å². The molecule has 2 atom stereocenters. The van der Waals surface area contributed by atoms with Crippen molar-refractivity contribution in [1.29, 1.82) is 0 Å². The van der Waals surface area contributed by atoms with Gasteiger partial charge in [-0.3, -0.25) is 4.79 Å². The molecule has 0 radical (unpaired) electrons. The van der Waals surface area contributed by atoms with Crippen molar-refractivity contribution in [3.8, 4) is 0 Å². The monoisotopic (exact) mass is 220 g/mol. The first-order valence-electron chi connectivity index (χ1n) is 4.76. The highest BCUT2D eigenvalue weighted by Gasteiger charge is 2.29. The number of carboxylic acid groups (broad SMARTS) is 1. The summed E-state index contributed by atoms with van der Waals surface area (Å²) in [6.45, 7) is 2.05. The Morgan fingerprint density at radius 1 is 1.69 bits per heavy atom. The van der Waals surface area contributed by atoms with Gasteiger partial charge in [-0.25, -0.2) is 0 Å². The fraction of sp³-hybridized carbons (Fsp3) is 0.889. The molecule has 2 unspecified atom stereocenters. The lowest BCUT2D eigenvalue weighted by molar-refractivity contribution is -0.142. The highest BCUT2D eigenvalue weighted by molar-refractivity contribution is 8.77. The summed E-state index contributed by atoms with van der Waals surface area (Å²) < 4.78 is 0. The third-order valence-electron chi connectivity index (χ3n) is 2.27. The maximum atomic E-state index is 11.0. The largest absolute Gasteiger partial charge is 0.481 e. The minimum atomic E-state index is -0.609. The SMILES string of the molecule is CCCC(C(=O)O)C1CCCSS1. The van der Waals surface area contributed by atoms with Crippen LogP contribution in [0.2, 0.25) is 0 Å². The number of rotatable bonds is 4. The molecule has 1 saturated heterocycles. The molecule has 1 heterocycles. The fourth-order valence-corrected chi connectivity index (χ4v) is 4.64. The van der Waals surface area contributed by atoms with Crippen LogP contribution in [-0.4, -0.2) is 22.1 Å². The Hall–Kier alpha value is 0.170. The van der Waals surface area contributed by atoms with E-state index in [0.717, 1.165) is 19.3 Å². The van der Waals surface area contributed by atoms with Crippen LogP contribution >= 0.6 is 21.6 Å². The highest BCUT2D eigenvalue weighted by Crippen LogP contribution is 2.40. The van der Waals surface area contributed by atoms with Crippen molar-refractivity contribution in [3.05, 3.63) is 0 Å². The molecule has 0 bridgehead atoms. The van der Waals surface area contributed by atoms with E-state index in [0.29, 0.717) is 5.25 Å². The Balaban J connectivity index is 2.46.